The Labute approximate surface area is 107 Å². The van der Waals surface area contributed by atoms with Gasteiger partial charge in [0.25, 0.3) is 0 Å². The highest BCUT2D eigenvalue weighted by Gasteiger charge is 2.65. The van der Waals surface area contributed by atoms with E-state index in [1.807, 2.05) is 13.2 Å². The maximum Gasteiger partial charge on any atom is 0.316 e. The van der Waals surface area contributed by atoms with E-state index in [-0.39, 0.29) is 5.92 Å². The fraction of sp³-hybridized carbons (Fsp3) is 0.692. The summed E-state index contributed by atoms with van der Waals surface area (Å²) < 4.78 is 1.80. The summed E-state index contributed by atoms with van der Waals surface area (Å²) >= 11 is 0. The molecule has 5 heteroatoms. The van der Waals surface area contributed by atoms with E-state index in [0.717, 1.165) is 0 Å². The van der Waals surface area contributed by atoms with E-state index >= 15 is 0 Å². The summed E-state index contributed by atoms with van der Waals surface area (Å²) in [6.45, 7) is 4.76. The first-order chi connectivity index (χ1) is 8.43. The van der Waals surface area contributed by atoms with Crippen molar-refractivity contribution < 1.29 is 9.90 Å². The number of hydrogen-bond donors (Lipinski definition) is 2. The Hall–Kier alpha value is -1.36. The summed E-state index contributed by atoms with van der Waals surface area (Å²) in [5.41, 5.74) is 5.57. The normalized spacial score (nSPS) is 29.9. The largest absolute Gasteiger partial charge is 0.481 e. The van der Waals surface area contributed by atoms with Crippen LogP contribution in [0, 0.1) is 17.8 Å². The summed E-state index contributed by atoms with van der Waals surface area (Å²) in [4.78, 5) is 15.9. The summed E-state index contributed by atoms with van der Waals surface area (Å²) in [6, 6.07) is 0. The lowest BCUT2D eigenvalue weighted by Crippen LogP contribution is -2.28. The number of imidazole rings is 1. The lowest BCUT2D eigenvalue weighted by Gasteiger charge is -2.20. The van der Waals surface area contributed by atoms with Crippen LogP contribution >= 0.6 is 0 Å². The van der Waals surface area contributed by atoms with E-state index in [4.69, 9.17) is 5.73 Å². The van der Waals surface area contributed by atoms with Crippen molar-refractivity contribution in [2.75, 3.05) is 6.54 Å². The van der Waals surface area contributed by atoms with Gasteiger partial charge in [-0.1, -0.05) is 13.8 Å². The van der Waals surface area contributed by atoms with E-state index in [2.05, 4.69) is 18.8 Å². The van der Waals surface area contributed by atoms with Gasteiger partial charge in [-0.25, -0.2) is 4.98 Å². The molecule has 3 unspecified atom stereocenters. The molecule has 2 rings (SSSR count). The SMILES string of the molecule is CC(CN)C(C)[C@H]1CC1(C(=O)O)c1cn(C)cn1. The number of rotatable bonds is 5. The van der Waals surface area contributed by atoms with Crippen LogP contribution in [0.5, 0.6) is 0 Å². The predicted octanol–water partition coefficient (Wildman–Crippen LogP) is 0.993. The number of nitrogens with two attached hydrogens (primary N) is 1. The van der Waals surface area contributed by atoms with Gasteiger partial charge in [-0.3, -0.25) is 4.79 Å². The first kappa shape index (κ1) is 13.1. The predicted molar refractivity (Wildman–Crippen MR) is 68.0 cm³/mol. The van der Waals surface area contributed by atoms with Crippen LogP contribution in [0.3, 0.4) is 0 Å². The molecule has 1 aliphatic rings. The number of carboxylic acid groups (broad SMARTS) is 1. The van der Waals surface area contributed by atoms with Crippen molar-refractivity contribution >= 4 is 5.97 Å². The smallest absolute Gasteiger partial charge is 0.316 e. The quantitative estimate of drug-likeness (QED) is 0.817. The second-order valence-corrected chi connectivity index (χ2v) is 5.58. The molecule has 0 aromatic carbocycles. The Bertz CT molecular complexity index is 457. The number of aliphatic carboxylic acids is 1. The second kappa shape index (κ2) is 4.39. The van der Waals surface area contributed by atoms with Crippen molar-refractivity contribution in [3.8, 4) is 0 Å². The first-order valence-electron chi connectivity index (χ1n) is 6.35. The van der Waals surface area contributed by atoms with Crippen LogP contribution in [0.15, 0.2) is 12.5 Å². The first-order valence-corrected chi connectivity index (χ1v) is 6.35. The van der Waals surface area contributed by atoms with Gasteiger partial charge in [0, 0.05) is 13.2 Å². The van der Waals surface area contributed by atoms with Crippen LogP contribution in [0.25, 0.3) is 0 Å². The molecule has 1 fully saturated rings. The molecule has 0 spiro atoms. The van der Waals surface area contributed by atoms with Crippen LogP contribution in [-0.2, 0) is 17.3 Å². The molecule has 4 atom stereocenters. The zero-order valence-corrected chi connectivity index (χ0v) is 11.1. The van der Waals surface area contributed by atoms with Crippen LogP contribution in [0.2, 0.25) is 0 Å². The second-order valence-electron chi connectivity index (χ2n) is 5.58. The number of carboxylic acids is 1. The van der Waals surface area contributed by atoms with E-state index in [0.29, 0.717) is 30.5 Å². The molecule has 5 nitrogen and oxygen atoms in total. The van der Waals surface area contributed by atoms with Crippen molar-refractivity contribution in [1.29, 1.82) is 0 Å². The number of aromatic nitrogens is 2. The molecule has 1 aromatic rings. The highest BCUT2D eigenvalue weighted by molar-refractivity contribution is 5.85. The Kier molecular flexibility index (Phi) is 3.19. The molecule has 18 heavy (non-hydrogen) atoms. The molecule has 3 N–H and O–H groups in total. The van der Waals surface area contributed by atoms with E-state index < -0.39 is 11.4 Å². The number of aryl methyl sites for hydroxylation is 1. The number of hydrogen-bond acceptors (Lipinski definition) is 3. The minimum absolute atomic E-state index is 0.142. The van der Waals surface area contributed by atoms with Crippen LogP contribution in [-0.4, -0.2) is 27.2 Å². The van der Waals surface area contributed by atoms with Crippen molar-refractivity contribution in [3.63, 3.8) is 0 Å². The average molecular weight is 251 g/mol. The van der Waals surface area contributed by atoms with Crippen molar-refractivity contribution in [3.05, 3.63) is 18.2 Å². The molecule has 100 valence electrons. The lowest BCUT2D eigenvalue weighted by molar-refractivity contribution is -0.140. The van der Waals surface area contributed by atoms with Gasteiger partial charge in [0.1, 0.15) is 5.41 Å². The average Bonchev–Trinajstić information content (AvgIpc) is 2.97. The maximum absolute atomic E-state index is 11.6. The lowest BCUT2D eigenvalue weighted by atomic mass is 9.85. The van der Waals surface area contributed by atoms with Gasteiger partial charge in [0.2, 0.25) is 0 Å². The van der Waals surface area contributed by atoms with E-state index in [1.165, 1.54) is 0 Å². The van der Waals surface area contributed by atoms with Gasteiger partial charge < -0.3 is 15.4 Å². The van der Waals surface area contributed by atoms with Gasteiger partial charge in [0.15, 0.2) is 0 Å². The van der Waals surface area contributed by atoms with Crippen molar-refractivity contribution in [2.45, 2.75) is 25.7 Å². The van der Waals surface area contributed by atoms with Gasteiger partial charge in [-0.05, 0) is 30.7 Å². The number of carbonyl (C=O) groups is 1. The number of nitrogens with zero attached hydrogens (tertiary/aromatic N) is 2. The summed E-state index contributed by atoms with van der Waals surface area (Å²) in [6.07, 6.45) is 4.14. The highest BCUT2D eigenvalue weighted by atomic mass is 16.4. The molecule has 0 amide bonds. The summed E-state index contributed by atoms with van der Waals surface area (Å²) in [5, 5.41) is 9.56. The highest BCUT2D eigenvalue weighted by Crippen LogP contribution is 2.58. The summed E-state index contributed by atoms with van der Waals surface area (Å²) in [7, 11) is 1.86. The Morgan fingerprint density at radius 1 is 1.72 bits per heavy atom. The third-order valence-corrected chi connectivity index (χ3v) is 4.46. The third kappa shape index (κ3) is 1.82. The standard InChI is InChI=1S/C13H21N3O2/c1-8(5-14)9(2)10-4-13(10,12(17)18)11-6-16(3)7-15-11/h6-10H,4-5,14H2,1-3H3,(H,17,18)/t8?,9?,10-,13?/m1/s1. The fourth-order valence-corrected chi connectivity index (χ4v) is 2.83. The van der Waals surface area contributed by atoms with Crippen molar-refractivity contribution in [2.24, 2.45) is 30.5 Å². The van der Waals surface area contributed by atoms with Crippen molar-refractivity contribution in [1.82, 2.24) is 9.55 Å². The fourth-order valence-electron chi connectivity index (χ4n) is 2.83. The molecule has 1 aliphatic carbocycles. The molecule has 0 bridgehead atoms. The molecule has 1 aromatic heterocycles. The molecular formula is C13H21N3O2. The molecule has 0 aliphatic heterocycles. The summed E-state index contributed by atoms with van der Waals surface area (Å²) in [5.74, 6) is 0.0127. The van der Waals surface area contributed by atoms with Gasteiger partial charge in [-0.15, -0.1) is 0 Å². The minimum atomic E-state index is -0.788. The molecular weight excluding hydrogens is 230 g/mol. The van der Waals surface area contributed by atoms with Crippen LogP contribution < -0.4 is 5.73 Å². The monoisotopic (exact) mass is 251 g/mol. The molecule has 1 saturated carbocycles. The van der Waals surface area contributed by atoms with E-state index in [9.17, 15) is 9.90 Å². The Morgan fingerprint density at radius 2 is 2.39 bits per heavy atom. The molecule has 0 radical (unpaired) electrons. The zero-order valence-electron chi connectivity index (χ0n) is 11.1. The Balaban J connectivity index is 2.26. The molecule has 1 heterocycles. The van der Waals surface area contributed by atoms with Crippen LogP contribution in [0.4, 0.5) is 0 Å². The topological polar surface area (TPSA) is 81.1 Å². The van der Waals surface area contributed by atoms with E-state index in [1.54, 1.807) is 10.9 Å². The van der Waals surface area contributed by atoms with Gasteiger partial charge in [-0.2, -0.15) is 0 Å². The minimum Gasteiger partial charge on any atom is -0.481 e. The third-order valence-electron chi connectivity index (χ3n) is 4.46. The molecule has 0 saturated heterocycles. The zero-order chi connectivity index (χ0) is 13.5. The maximum atomic E-state index is 11.6. The Morgan fingerprint density at radius 3 is 2.83 bits per heavy atom. The van der Waals surface area contributed by atoms with Crippen LogP contribution in [0.1, 0.15) is 26.0 Å². The van der Waals surface area contributed by atoms with Gasteiger partial charge >= 0.3 is 5.97 Å². The van der Waals surface area contributed by atoms with Gasteiger partial charge in [0.05, 0.1) is 12.0 Å².